The Balaban J connectivity index is 1.90. The summed E-state index contributed by atoms with van der Waals surface area (Å²) in [5.41, 5.74) is 0. The van der Waals surface area contributed by atoms with Crippen LogP contribution in [0.2, 0.25) is 0 Å². The van der Waals surface area contributed by atoms with Crippen LogP contribution in [-0.4, -0.2) is 50.3 Å². The second-order valence-electron chi connectivity index (χ2n) is 4.87. The van der Waals surface area contributed by atoms with Crippen LogP contribution in [0.4, 0.5) is 0 Å². The lowest BCUT2D eigenvalue weighted by Gasteiger charge is -2.21. The molecule has 2 atom stereocenters. The molecule has 1 aromatic carbocycles. The van der Waals surface area contributed by atoms with Gasteiger partial charge in [0.1, 0.15) is 11.5 Å². The van der Waals surface area contributed by atoms with Gasteiger partial charge in [-0.3, -0.25) is 4.79 Å². The summed E-state index contributed by atoms with van der Waals surface area (Å²) in [5, 5.41) is 0. The van der Waals surface area contributed by atoms with Crippen LogP contribution in [0.3, 0.4) is 0 Å². The number of rotatable bonds is 5. The fourth-order valence-corrected chi connectivity index (χ4v) is 2.29. The van der Waals surface area contributed by atoms with E-state index in [9.17, 15) is 4.79 Å². The molecule has 0 bridgehead atoms. The van der Waals surface area contributed by atoms with Crippen LogP contribution in [0.25, 0.3) is 0 Å². The Morgan fingerprint density at radius 1 is 1.25 bits per heavy atom. The summed E-state index contributed by atoms with van der Waals surface area (Å²) in [4.78, 5) is 14.0. The Kier molecular flexibility index (Phi) is 4.84. The van der Waals surface area contributed by atoms with Crippen molar-refractivity contribution in [3.8, 4) is 11.5 Å². The Bertz CT molecular complexity index is 446. The first-order chi connectivity index (χ1) is 9.63. The van der Waals surface area contributed by atoms with Gasteiger partial charge in [-0.25, -0.2) is 0 Å². The number of methoxy groups -OCH3 is 2. The van der Waals surface area contributed by atoms with Crippen LogP contribution in [0.15, 0.2) is 24.3 Å². The maximum absolute atomic E-state index is 12.3. The van der Waals surface area contributed by atoms with Crippen LogP contribution >= 0.6 is 0 Å². The van der Waals surface area contributed by atoms with Gasteiger partial charge in [0.15, 0.2) is 6.10 Å². The number of ether oxygens (including phenoxy) is 3. The minimum Gasteiger partial charge on any atom is -0.497 e. The largest absolute Gasteiger partial charge is 0.497 e. The molecule has 1 amide bonds. The minimum absolute atomic E-state index is 0.000341. The van der Waals surface area contributed by atoms with Crippen molar-refractivity contribution in [2.45, 2.75) is 25.6 Å². The lowest BCUT2D eigenvalue weighted by Crippen LogP contribution is -2.39. The van der Waals surface area contributed by atoms with E-state index in [0.717, 1.165) is 18.7 Å². The highest BCUT2D eigenvalue weighted by Gasteiger charge is 2.29. The van der Waals surface area contributed by atoms with E-state index in [1.54, 1.807) is 38.2 Å². The van der Waals surface area contributed by atoms with Crippen LogP contribution in [0.1, 0.15) is 13.3 Å². The Hall–Kier alpha value is -1.75. The van der Waals surface area contributed by atoms with Gasteiger partial charge in [-0.2, -0.15) is 0 Å². The van der Waals surface area contributed by atoms with E-state index < -0.39 is 6.10 Å². The molecular weight excluding hydrogens is 258 g/mol. The third-order valence-electron chi connectivity index (χ3n) is 3.51. The number of likely N-dealkylation sites (tertiary alicyclic amines) is 1. The second-order valence-corrected chi connectivity index (χ2v) is 4.87. The SMILES string of the molecule is COc1ccc(OC(C)C(=O)N2CCC(OC)C2)cc1. The lowest BCUT2D eigenvalue weighted by atomic mass is 10.3. The molecule has 2 rings (SSSR count). The molecule has 0 aromatic heterocycles. The van der Waals surface area contributed by atoms with Gasteiger partial charge in [0.05, 0.1) is 13.2 Å². The number of carbonyl (C=O) groups is 1. The highest BCUT2D eigenvalue weighted by atomic mass is 16.5. The van der Waals surface area contributed by atoms with Crippen molar-refractivity contribution in [2.24, 2.45) is 0 Å². The van der Waals surface area contributed by atoms with Crippen molar-refractivity contribution in [3.63, 3.8) is 0 Å². The molecule has 1 aliphatic heterocycles. The smallest absolute Gasteiger partial charge is 0.263 e. The maximum Gasteiger partial charge on any atom is 0.263 e. The average Bonchev–Trinajstić information content (AvgIpc) is 2.96. The topological polar surface area (TPSA) is 48.0 Å². The quantitative estimate of drug-likeness (QED) is 0.823. The van der Waals surface area contributed by atoms with Crippen LogP contribution < -0.4 is 9.47 Å². The molecule has 1 aromatic rings. The molecule has 5 nitrogen and oxygen atoms in total. The average molecular weight is 279 g/mol. The first kappa shape index (κ1) is 14.7. The number of benzene rings is 1. The molecule has 20 heavy (non-hydrogen) atoms. The van der Waals surface area contributed by atoms with E-state index in [1.807, 2.05) is 12.1 Å². The highest BCUT2D eigenvalue weighted by Crippen LogP contribution is 2.20. The molecule has 1 fully saturated rings. The summed E-state index contributed by atoms with van der Waals surface area (Å²) < 4.78 is 16.0. The Morgan fingerprint density at radius 3 is 2.45 bits per heavy atom. The molecule has 110 valence electrons. The van der Waals surface area contributed by atoms with Crippen molar-refractivity contribution >= 4 is 5.91 Å². The van der Waals surface area contributed by atoms with Crippen molar-refractivity contribution < 1.29 is 19.0 Å². The van der Waals surface area contributed by atoms with Gasteiger partial charge >= 0.3 is 0 Å². The first-order valence-electron chi connectivity index (χ1n) is 6.76. The zero-order valence-corrected chi connectivity index (χ0v) is 12.2. The van der Waals surface area contributed by atoms with Gasteiger partial charge in [-0.15, -0.1) is 0 Å². The van der Waals surface area contributed by atoms with Gasteiger partial charge in [0, 0.05) is 20.2 Å². The second kappa shape index (κ2) is 6.61. The van der Waals surface area contributed by atoms with Gasteiger partial charge in [-0.05, 0) is 37.6 Å². The van der Waals surface area contributed by atoms with Crippen LogP contribution in [0.5, 0.6) is 11.5 Å². The standard InChI is InChI=1S/C15H21NO4/c1-11(15(17)16-9-8-14(10-16)19-3)20-13-6-4-12(18-2)5-7-13/h4-7,11,14H,8-10H2,1-3H3. The predicted octanol–water partition coefficient (Wildman–Crippen LogP) is 1.71. The highest BCUT2D eigenvalue weighted by molar-refractivity contribution is 5.81. The van der Waals surface area contributed by atoms with Crippen LogP contribution in [-0.2, 0) is 9.53 Å². The number of hydrogen-bond donors (Lipinski definition) is 0. The van der Waals surface area contributed by atoms with E-state index in [2.05, 4.69) is 0 Å². The summed E-state index contributed by atoms with van der Waals surface area (Å²) in [5.74, 6) is 1.42. The number of carbonyl (C=O) groups excluding carboxylic acids is 1. The fraction of sp³-hybridized carbons (Fsp3) is 0.533. The van der Waals surface area contributed by atoms with Gasteiger partial charge in [-0.1, -0.05) is 0 Å². The molecule has 1 heterocycles. The van der Waals surface area contributed by atoms with Gasteiger partial charge in [0.25, 0.3) is 5.91 Å². The predicted molar refractivity (Wildman–Crippen MR) is 75.1 cm³/mol. The van der Waals surface area contributed by atoms with Crippen molar-refractivity contribution in [1.29, 1.82) is 0 Å². The molecule has 0 N–H and O–H groups in total. The summed E-state index contributed by atoms with van der Waals surface area (Å²) in [6.07, 6.45) is 0.531. The minimum atomic E-state index is -0.501. The number of nitrogens with zero attached hydrogens (tertiary/aromatic N) is 1. The molecule has 5 heteroatoms. The van der Waals surface area contributed by atoms with Crippen molar-refractivity contribution in [1.82, 2.24) is 4.90 Å². The van der Waals surface area contributed by atoms with E-state index in [0.29, 0.717) is 12.3 Å². The maximum atomic E-state index is 12.3. The third-order valence-corrected chi connectivity index (χ3v) is 3.51. The zero-order chi connectivity index (χ0) is 14.5. The molecular formula is C15H21NO4. The van der Waals surface area contributed by atoms with E-state index in [4.69, 9.17) is 14.2 Å². The third kappa shape index (κ3) is 3.42. The van der Waals surface area contributed by atoms with E-state index >= 15 is 0 Å². The first-order valence-corrected chi connectivity index (χ1v) is 6.76. The Labute approximate surface area is 119 Å². The number of hydrogen-bond acceptors (Lipinski definition) is 4. The Morgan fingerprint density at radius 2 is 1.90 bits per heavy atom. The molecule has 0 spiro atoms. The van der Waals surface area contributed by atoms with Gasteiger partial charge in [0.2, 0.25) is 0 Å². The molecule has 1 aliphatic rings. The van der Waals surface area contributed by atoms with Crippen molar-refractivity contribution in [3.05, 3.63) is 24.3 Å². The molecule has 2 unspecified atom stereocenters. The molecule has 0 saturated carbocycles. The summed E-state index contributed by atoms with van der Waals surface area (Å²) in [6, 6.07) is 7.21. The number of amides is 1. The van der Waals surface area contributed by atoms with E-state index in [1.165, 1.54) is 0 Å². The molecule has 0 radical (unpaired) electrons. The van der Waals surface area contributed by atoms with Crippen LogP contribution in [0, 0.1) is 0 Å². The molecule has 1 saturated heterocycles. The summed E-state index contributed by atoms with van der Waals surface area (Å²) in [6.45, 7) is 3.14. The summed E-state index contributed by atoms with van der Waals surface area (Å²) >= 11 is 0. The monoisotopic (exact) mass is 279 g/mol. The fourth-order valence-electron chi connectivity index (χ4n) is 2.29. The van der Waals surface area contributed by atoms with Gasteiger partial charge < -0.3 is 19.1 Å². The zero-order valence-electron chi connectivity index (χ0n) is 12.2. The van der Waals surface area contributed by atoms with E-state index in [-0.39, 0.29) is 12.0 Å². The lowest BCUT2D eigenvalue weighted by molar-refractivity contribution is -0.137. The molecule has 0 aliphatic carbocycles. The van der Waals surface area contributed by atoms with Crippen molar-refractivity contribution in [2.75, 3.05) is 27.3 Å². The normalized spacial score (nSPS) is 19.8. The summed E-state index contributed by atoms with van der Waals surface area (Å²) in [7, 11) is 3.29.